The Hall–Kier alpha value is -4.58. The molecule has 4 rings (SSSR count). The number of furan rings is 1. The van der Waals surface area contributed by atoms with Gasteiger partial charge in [0.2, 0.25) is 5.76 Å². The van der Waals surface area contributed by atoms with Gasteiger partial charge in [-0.2, -0.15) is 0 Å². The number of ether oxygens (including phenoxy) is 3. The number of benzene rings is 2. The molecule has 1 aliphatic heterocycles. The second kappa shape index (κ2) is 11.9. The Balaban J connectivity index is 1.54. The van der Waals surface area contributed by atoms with Crippen molar-refractivity contribution < 1.29 is 37.8 Å². The molecule has 1 fully saturated rings. The predicted molar refractivity (Wildman–Crippen MR) is 143 cm³/mol. The zero-order valence-corrected chi connectivity index (χ0v) is 22.8. The highest BCUT2D eigenvalue weighted by Crippen LogP contribution is 2.36. The molecule has 3 aromatic rings. The van der Waals surface area contributed by atoms with Crippen LogP contribution in [0.15, 0.2) is 63.1 Å². The average Bonchev–Trinajstić information content (AvgIpc) is 3.49. The van der Waals surface area contributed by atoms with Gasteiger partial charge in [0, 0.05) is 15.7 Å². The second-order valence-corrected chi connectivity index (χ2v) is 9.23. The number of amides is 4. The summed E-state index contributed by atoms with van der Waals surface area (Å²) in [4.78, 5) is 50.8. The molecule has 1 saturated heterocycles. The summed E-state index contributed by atoms with van der Waals surface area (Å²) in [5.74, 6) is -1.03. The smallest absolute Gasteiger partial charge is 0.373 e. The number of aryl methyl sites for hydroxylation is 1. The predicted octanol–water partition coefficient (Wildman–Crippen LogP) is 4.26. The van der Waals surface area contributed by atoms with Crippen LogP contribution in [0, 0.1) is 6.92 Å². The lowest BCUT2D eigenvalue weighted by atomic mass is 10.1. The Bertz CT molecular complexity index is 1480. The number of hydrogen-bond donors (Lipinski definition) is 2. The summed E-state index contributed by atoms with van der Waals surface area (Å²) in [7, 11) is 2.65. The van der Waals surface area contributed by atoms with Gasteiger partial charge in [-0.1, -0.05) is 34.1 Å². The normalized spacial score (nSPS) is 13.8. The Morgan fingerprint density at radius 2 is 1.90 bits per heavy atom. The highest BCUT2D eigenvalue weighted by molar-refractivity contribution is 9.10. The number of para-hydroxylation sites is 1. The fraction of sp³-hybridized carbons (Fsp3) is 0.185. The lowest BCUT2D eigenvalue weighted by molar-refractivity contribution is -0.123. The van der Waals surface area contributed by atoms with Crippen LogP contribution in [0.4, 0.5) is 10.5 Å². The summed E-state index contributed by atoms with van der Waals surface area (Å²) in [6, 6.07) is 12.8. The molecule has 11 nitrogen and oxygen atoms in total. The van der Waals surface area contributed by atoms with Crippen LogP contribution < -0.4 is 20.1 Å². The maximum atomic E-state index is 13.1. The fourth-order valence-corrected chi connectivity index (χ4v) is 4.19. The number of halogens is 1. The molecule has 0 aliphatic carbocycles. The molecule has 2 N–H and O–H groups in total. The van der Waals surface area contributed by atoms with Crippen molar-refractivity contribution in [3.63, 3.8) is 0 Å². The SMILES string of the molecule is COC(=O)c1ccc(CN2C(=O)N/C(=C/c3cc(Br)cc(OC)c3OCC(=O)Nc3ccccc3C)C2=O)o1. The third-order valence-electron chi connectivity index (χ3n) is 5.66. The molecule has 0 unspecified atom stereocenters. The van der Waals surface area contributed by atoms with Crippen molar-refractivity contribution in [1.29, 1.82) is 0 Å². The number of urea groups is 1. The van der Waals surface area contributed by atoms with Crippen LogP contribution in [0.3, 0.4) is 0 Å². The van der Waals surface area contributed by atoms with Crippen molar-refractivity contribution in [3.05, 3.63) is 81.3 Å². The van der Waals surface area contributed by atoms with Gasteiger partial charge in [-0.25, -0.2) is 9.59 Å². The van der Waals surface area contributed by atoms with Gasteiger partial charge >= 0.3 is 12.0 Å². The van der Waals surface area contributed by atoms with E-state index < -0.39 is 23.8 Å². The van der Waals surface area contributed by atoms with E-state index in [2.05, 4.69) is 31.3 Å². The molecule has 1 aliphatic rings. The van der Waals surface area contributed by atoms with Gasteiger partial charge in [0.15, 0.2) is 18.1 Å². The van der Waals surface area contributed by atoms with Crippen LogP contribution in [-0.2, 0) is 20.9 Å². The number of nitrogens with one attached hydrogen (secondary N) is 2. The first-order chi connectivity index (χ1) is 18.7. The van der Waals surface area contributed by atoms with Gasteiger partial charge in [-0.3, -0.25) is 14.5 Å². The van der Waals surface area contributed by atoms with E-state index in [-0.39, 0.29) is 36.1 Å². The number of imide groups is 1. The van der Waals surface area contributed by atoms with E-state index in [4.69, 9.17) is 13.9 Å². The van der Waals surface area contributed by atoms with Crippen molar-refractivity contribution in [1.82, 2.24) is 10.2 Å². The third kappa shape index (κ3) is 6.29. The van der Waals surface area contributed by atoms with Crippen LogP contribution in [0.5, 0.6) is 11.5 Å². The largest absolute Gasteiger partial charge is 0.493 e. The van der Waals surface area contributed by atoms with Crippen molar-refractivity contribution >= 4 is 51.5 Å². The Kier molecular flexibility index (Phi) is 8.35. The summed E-state index contributed by atoms with van der Waals surface area (Å²) in [6.45, 7) is 1.33. The van der Waals surface area contributed by atoms with Gasteiger partial charge in [-0.15, -0.1) is 0 Å². The molecular weight excluding hydrogens is 574 g/mol. The van der Waals surface area contributed by atoms with Gasteiger partial charge < -0.3 is 29.3 Å². The minimum absolute atomic E-state index is 0.0332. The molecule has 202 valence electrons. The molecule has 0 atom stereocenters. The van der Waals surface area contributed by atoms with E-state index in [1.54, 1.807) is 18.2 Å². The summed E-state index contributed by atoms with van der Waals surface area (Å²) < 4.78 is 21.8. The summed E-state index contributed by atoms with van der Waals surface area (Å²) in [6.07, 6.45) is 1.42. The standard InChI is InChI=1S/C27H24BrN3O8/c1-15-6-4-5-7-19(15)29-23(32)14-38-24-16(10-17(28)12-22(24)36-2)11-20-25(33)31(27(35)30-20)13-18-8-9-21(39-18)26(34)37-3/h4-12H,13-14H2,1-3H3,(H,29,32)(H,30,35)/b20-11+. The first kappa shape index (κ1) is 27.5. The molecule has 1 aromatic heterocycles. The van der Waals surface area contributed by atoms with Gasteiger partial charge in [0.05, 0.1) is 20.8 Å². The topological polar surface area (TPSA) is 136 Å². The third-order valence-corrected chi connectivity index (χ3v) is 6.12. The number of esters is 1. The van der Waals surface area contributed by atoms with Gasteiger partial charge in [-0.05, 0) is 48.9 Å². The number of carbonyl (C=O) groups excluding carboxylic acids is 4. The Labute approximate surface area is 231 Å². The van der Waals surface area contributed by atoms with Crippen molar-refractivity contribution in [2.75, 3.05) is 26.1 Å². The first-order valence-electron chi connectivity index (χ1n) is 11.6. The molecule has 0 spiro atoms. The molecule has 39 heavy (non-hydrogen) atoms. The number of anilines is 1. The zero-order valence-electron chi connectivity index (χ0n) is 21.2. The van der Waals surface area contributed by atoms with E-state index >= 15 is 0 Å². The van der Waals surface area contributed by atoms with Crippen molar-refractivity contribution in [3.8, 4) is 11.5 Å². The molecular formula is C27H24BrN3O8. The van der Waals surface area contributed by atoms with E-state index in [1.165, 1.54) is 32.4 Å². The Morgan fingerprint density at radius 3 is 2.62 bits per heavy atom. The minimum atomic E-state index is -0.678. The summed E-state index contributed by atoms with van der Waals surface area (Å²) in [5.41, 5.74) is 1.90. The zero-order chi connectivity index (χ0) is 28.1. The van der Waals surface area contributed by atoms with Gasteiger partial charge in [0.1, 0.15) is 11.5 Å². The minimum Gasteiger partial charge on any atom is -0.493 e. The van der Waals surface area contributed by atoms with Gasteiger partial charge in [0.25, 0.3) is 11.8 Å². The summed E-state index contributed by atoms with van der Waals surface area (Å²) in [5, 5.41) is 5.32. The summed E-state index contributed by atoms with van der Waals surface area (Å²) >= 11 is 3.40. The molecule has 4 amide bonds. The van der Waals surface area contributed by atoms with Crippen LogP contribution in [0.1, 0.15) is 27.4 Å². The molecule has 0 saturated carbocycles. The lowest BCUT2D eigenvalue weighted by Gasteiger charge is -2.15. The van der Waals surface area contributed by atoms with E-state index in [1.807, 2.05) is 25.1 Å². The number of nitrogens with zero attached hydrogens (tertiary/aromatic N) is 1. The quantitative estimate of drug-likeness (QED) is 0.212. The second-order valence-electron chi connectivity index (χ2n) is 8.32. The Morgan fingerprint density at radius 1 is 1.13 bits per heavy atom. The maximum Gasteiger partial charge on any atom is 0.373 e. The van der Waals surface area contributed by atoms with E-state index in [0.717, 1.165) is 10.5 Å². The van der Waals surface area contributed by atoms with Crippen molar-refractivity contribution in [2.24, 2.45) is 0 Å². The van der Waals surface area contributed by atoms with Crippen LogP contribution in [0.25, 0.3) is 6.08 Å². The molecule has 0 radical (unpaired) electrons. The maximum absolute atomic E-state index is 13.1. The molecule has 0 bridgehead atoms. The highest BCUT2D eigenvalue weighted by Gasteiger charge is 2.35. The molecule has 2 aromatic carbocycles. The molecule has 12 heteroatoms. The van der Waals surface area contributed by atoms with E-state index in [0.29, 0.717) is 21.5 Å². The lowest BCUT2D eigenvalue weighted by Crippen LogP contribution is -2.30. The molecule has 2 heterocycles. The van der Waals surface area contributed by atoms with Crippen LogP contribution >= 0.6 is 15.9 Å². The van der Waals surface area contributed by atoms with Crippen LogP contribution in [0.2, 0.25) is 0 Å². The highest BCUT2D eigenvalue weighted by atomic mass is 79.9. The number of rotatable bonds is 9. The van der Waals surface area contributed by atoms with Crippen LogP contribution in [-0.4, -0.2) is 49.5 Å². The average molecular weight is 598 g/mol. The monoisotopic (exact) mass is 597 g/mol. The number of carbonyl (C=O) groups is 4. The van der Waals surface area contributed by atoms with Crippen molar-refractivity contribution in [2.45, 2.75) is 13.5 Å². The number of methoxy groups -OCH3 is 2. The number of hydrogen-bond acceptors (Lipinski definition) is 8. The fourth-order valence-electron chi connectivity index (χ4n) is 3.74. The van der Waals surface area contributed by atoms with E-state index in [9.17, 15) is 19.2 Å². The first-order valence-corrected chi connectivity index (χ1v) is 12.4.